The summed E-state index contributed by atoms with van der Waals surface area (Å²) in [7, 11) is 0. The zero-order chi connectivity index (χ0) is 25.8. The van der Waals surface area contributed by atoms with Gasteiger partial charge in [-0.05, 0) is 36.4 Å². The van der Waals surface area contributed by atoms with E-state index in [0.717, 1.165) is 31.7 Å². The molecular weight excluding hydrogens is 512 g/mol. The van der Waals surface area contributed by atoms with E-state index in [0.29, 0.717) is 15.7 Å². The van der Waals surface area contributed by atoms with Gasteiger partial charge in [0.2, 0.25) is 17.2 Å². The fourth-order valence-corrected chi connectivity index (χ4v) is 4.33. The van der Waals surface area contributed by atoms with Crippen LogP contribution in [0.15, 0.2) is 36.7 Å². The molecule has 0 amide bonds. The number of benzene rings is 1. The Labute approximate surface area is 204 Å². The van der Waals surface area contributed by atoms with Crippen LogP contribution in [0.4, 0.5) is 26.3 Å². The van der Waals surface area contributed by atoms with Crippen LogP contribution in [-0.4, -0.2) is 35.1 Å². The summed E-state index contributed by atoms with van der Waals surface area (Å²) in [6.07, 6.45) is -6.18. The van der Waals surface area contributed by atoms with E-state index in [-0.39, 0.29) is 34.9 Å². The third kappa shape index (κ3) is 4.25. The lowest BCUT2D eigenvalue weighted by molar-refractivity contribution is -0.140. The highest BCUT2D eigenvalue weighted by Crippen LogP contribution is 2.38. The first kappa shape index (κ1) is 24.3. The van der Waals surface area contributed by atoms with Crippen LogP contribution in [0.1, 0.15) is 42.9 Å². The molecule has 1 aromatic carbocycles. The van der Waals surface area contributed by atoms with Crippen molar-refractivity contribution in [3.05, 3.63) is 58.8 Å². The number of rotatable bonds is 6. The molecule has 1 N–H and O–H groups in total. The van der Waals surface area contributed by atoms with Crippen LogP contribution in [0.3, 0.4) is 0 Å². The second kappa shape index (κ2) is 8.95. The van der Waals surface area contributed by atoms with Gasteiger partial charge in [0.05, 0.1) is 12.7 Å². The predicted molar refractivity (Wildman–Crippen MR) is 117 cm³/mol. The molecule has 190 valence electrons. The summed E-state index contributed by atoms with van der Waals surface area (Å²) < 4.78 is 83.6. The van der Waals surface area contributed by atoms with E-state index in [1.54, 1.807) is 28.8 Å². The van der Waals surface area contributed by atoms with Crippen LogP contribution in [0.5, 0.6) is 0 Å². The fraction of sp³-hybridized carbons (Fsp3) is 0.364. The fourth-order valence-electron chi connectivity index (χ4n) is 4.20. The van der Waals surface area contributed by atoms with E-state index in [1.807, 2.05) is 0 Å². The first-order valence-electron chi connectivity index (χ1n) is 10.9. The van der Waals surface area contributed by atoms with Crippen molar-refractivity contribution in [1.82, 2.24) is 28.7 Å². The van der Waals surface area contributed by atoms with Crippen LogP contribution in [0, 0.1) is 5.41 Å². The highest BCUT2D eigenvalue weighted by molar-refractivity contribution is 6.28. The van der Waals surface area contributed by atoms with Crippen molar-refractivity contribution in [3.63, 3.8) is 0 Å². The van der Waals surface area contributed by atoms with Gasteiger partial charge in [-0.2, -0.15) is 18.2 Å². The minimum atomic E-state index is -4.57. The molecule has 3 heterocycles. The third-order valence-electron chi connectivity index (χ3n) is 6.22. The standard InChI is InChI=1S/C22H18ClF6N7/c23-20-31-8-14-19(33-20)35(21(30)36(14)17(26)16(24)25)9-11-4-6-12(7-5-11)18-32-15(22(27,28)29)10-34(18)13-2-1-3-13/h4-8,10,13,16-17,30H,1-3,9H2. The Morgan fingerprint density at radius 3 is 2.36 bits per heavy atom. The molecule has 14 heteroatoms. The summed E-state index contributed by atoms with van der Waals surface area (Å²) in [6.45, 7) is -0.0587. The molecule has 7 nitrogen and oxygen atoms in total. The number of halogens is 7. The molecule has 4 aromatic rings. The smallest absolute Gasteiger partial charge is 0.327 e. The highest BCUT2D eigenvalue weighted by atomic mass is 35.5. The molecule has 1 aliphatic carbocycles. The van der Waals surface area contributed by atoms with Gasteiger partial charge in [-0.3, -0.25) is 14.5 Å². The molecule has 0 spiro atoms. The first-order chi connectivity index (χ1) is 17.0. The SMILES string of the molecule is N=c1n(Cc2ccc(-c3nc(C(F)(F)F)cn3C3CCC3)cc2)c2nc(Cl)ncc2n1C(F)C(F)F. The molecule has 1 fully saturated rings. The Balaban J connectivity index is 1.51. The van der Waals surface area contributed by atoms with Gasteiger partial charge < -0.3 is 4.57 Å². The van der Waals surface area contributed by atoms with E-state index in [9.17, 15) is 26.3 Å². The number of fused-ring (bicyclic) bond motifs is 1. The molecule has 5 rings (SSSR count). The van der Waals surface area contributed by atoms with E-state index in [1.165, 1.54) is 4.57 Å². The molecule has 1 atom stereocenters. The van der Waals surface area contributed by atoms with Crippen molar-refractivity contribution in [3.8, 4) is 11.4 Å². The number of nitrogens with zero attached hydrogens (tertiary/aromatic N) is 6. The number of aromatic nitrogens is 6. The molecule has 1 aliphatic rings. The van der Waals surface area contributed by atoms with Gasteiger partial charge in [0.1, 0.15) is 11.3 Å². The predicted octanol–water partition coefficient (Wildman–Crippen LogP) is 5.75. The second-order valence-corrected chi connectivity index (χ2v) is 8.81. The molecule has 0 aliphatic heterocycles. The lowest BCUT2D eigenvalue weighted by Crippen LogP contribution is -2.29. The second-order valence-electron chi connectivity index (χ2n) is 8.47. The van der Waals surface area contributed by atoms with Gasteiger partial charge in [-0.1, -0.05) is 24.3 Å². The van der Waals surface area contributed by atoms with E-state index < -0.39 is 30.2 Å². The zero-order valence-corrected chi connectivity index (χ0v) is 19.1. The van der Waals surface area contributed by atoms with Crippen molar-refractivity contribution in [1.29, 1.82) is 5.41 Å². The zero-order valence-electron chi connectivity index (χ0n) is 18.4. The molecular formula is C22H18ClF6N7. The molecule has 1 saturated carbocycles. The van der Waals surface area contributed by atoms with Crippen LogP contribution in [0.2, 0.25) is 5.28 Å². The Hall–Kier alpha value is -3.35. The normalized spacial score (nSPS) is 15.6. The van der Waals surface area contributed by atoms with Crippen molar-refractivity contribution < 1.29 is 26.3 Å². The maximum absolute atomic E-state index is 14.3. The largest absolute Gasteiger partial charge is 0.434 e. The average molecular weight is 530 g/mol. The third-order valence-corrected chi connectivity index (χ3v) is 6.40. The van der Waals surface area contributed by atoms with Crippen molar-refractivity contribution in [2.75, 3.05) is 0 Å². The Bertz CT molecular complexity index is 1470. The van der Waals surface area contributed by atoms with Crippen LogP contribution in [0.25, 0.3) is 22.6 Å². The number of nitrogens with one attached hydrogen (secondary N) is 1. The quantitative estimate of drug-likeness (QED) is 0.255. The molecule has 0 saturated heterocycles. The first-order valence-corrected chi connectivity index (χ1v) is 11.3. The van der Waals surface area contributed by atoms with Gasteiger partial charge in [0.25, 0.3) is 6.43 Å². The van der Waals surface area contributed by atoms with Crippen molar-refractivity contribution in [2.45, 2.75) is 50.7 Å². The number of alkyl halides is 6. The number of imidazole rings is 2. The van der Waals surface area contributed by atoms with Crippen LogP contribution < -0.4 is 5.62 Å². The van der Waals surface area contributed by atoms with Gasteiger partial charge in [-0.15, -0.1) is 0 Å². The minimum Gasteiger partial charge on any atom is -0.327 e. The lowest BCUT2D eigenvalue weighted by atomic mass is 9.92. The Morgan fingerprint density at radius 2 is 1.78 bits per heavy atom. The van der Waals surface area contributed by atoms with E-state index in [2.05, 4.69) is 15.0 Å². The van der Waals surface area contributed by atoms with Crippen LogP contribution >= 0.6 is 11.6 Å². The van der Waals surface area contributed by atoms with Gasteiger partial charge >= 0.3 is 6.18 Å². The molecule has 36 heavy (non-hydrogen) atoms. The highest BCUT2D eigenvalue weighted by Gasteiger charge is 2.36. The van der Waals surface area contributed by atoms with Crippen molar-refractivity contribution >= 4 is 22.8 Å². The maximum Gasteiger partial charge on any atom is 0.434 e. The number of hydrogen-bond acceptors (Lipinski definition) is 4. The Kier molecular flexibility index (Phi) is 6.05. The summed E-state index contributed by atoms with van der Waals surface area (Å²) in [5.41, 5.74) is -0.651. The van der Waals surface area contributed by atoms with E-state index >= 15 is 0 Å². The monoisotopic (exact) mass is 529 g/mol. The van der Waals surface area contributed by atoms with Crippen molar-refractivity contribution in [2.24, 2.45) is 0 Å². The summed E-state index contributed by atoms with van der Waals surface area (Å²) in [4.78, 5) is 11.5. The minimum absolute atomic E-state index is 0.0114. The molecule has 1 unspecified atom stereocenters. The van der Waals surface area contributed by atoms with Gasteiger partial charge in [0, 0.05) is 17.8 Å². The topological polar surface area (TPSA) is 77.3 Å². The van der Waals surface area contributed by atoms with Gasteiger partial charge in [-0.25, -0.2) is 23.1 Å². The summed E-state index contributed by atoms with van der Waals surface area (Å²) in [5, 5.41) is 8.07. The average Bonchev–Trinajstić information content (AvgIpc) is 3.33. The number of hydrogen-bond donors (Lipinski definition) is 1. The summed E-state index contributed by atoms with van der Waals surface area (Å²) >= 11 is 5.84. The summed E-state index contributed by atoms with van der Waals surface area (Å²) in [6, 6.07) is 6.36. The Morgan fingerprint density at radius 1 is 1.08 bits per heavy atom. The molecule has 0 radical (unpaired) electrons. The maximum atomic E-state index is 14.3. The van der Waals surface area contributed by atoms with Gasteiger partial charge in [0.15, 0.2) is 11.3 Å². The molecule has 0 bridgehead atoms. The lowest BCUT2D eigenvalue weighted by Gasteiger charge is -2.28. The molecule has 3 aromatic heterocycles. The van der Waals surface area contributed by atoms with Crippen LogP contribution in [-0.2, 0) is 12.7 Å². The summed E-state index contributed by atoms with van der Waals surface area (Å²) in [5.74, 6) is 0.195. The van der Waals surface area contributed by atoms with E-state index in [4.69, 9.17) is 17.0 Å².